The maximum absolute atomic E-state index is 6.11. The zero-order chi connectivity index (χ0) is 15.4. The van der Waals surface area contributed by atoms with Gasteiger partial charge in [-0.2, -0.15) is 0 Å². The molecular weight excluding hydrogens is 272 g/mol. The van der Waals surface area contributed by atoms with E-state index in [4.69, 9.17) is 9.47 Å². The zero-order valence-corrected chi connectivity index (χ0v) is 13.1. The van der Waals surface area contributed by atoms with Crippen molar-refractivity contribution in [2.24, 2.45) is 0 Å². The van der Waals surface area contributed by atoms with Crippen molar-refractivity contribution in [1.82, 2.24) is 0 Å². The van der Waals surface area contributed by atoms with Gasteiger partial charge in [0.2, 0.25) is 0 Å². The van der Waals surface area contributed by atoms with Gasteiger partial charge in [0.05, 0.1) is 0 Å². The van der Waals surface area contributed by atoms with Crippen molar-refractivity contribution in [3.05, 3.63) is 48.5 Å². The van der Waals surface area contributed by atoms with Gasteiger partial charge < -0.3 is 9.47 Å². The fourth-order valence-corrected chi connectivity index (χ4v) is 2.54. The molecule has 112 valence electrons. The normalized spacial score (nSPS) is 14.3. The third-order valence-corrected chi connectivity index (χ3v) is 3.64. The number of para-hydroxylation sites is 2. The first-order valence-corrected chi connectivity index (χ1v) is 7.78. The van der Waals surface area contributed by atoms with Crippen LogP contribution in [-0.2, 0) is 0 Å². The molecule has 0 aromatic heterocycles. The minimum atomic E-state index is -0.962. The summed E-state index contributed by atoms with van der Waals surface area (Å²) in [5.41, 5.74) is 2.08. The number of benzene rings is 2. The third kappa shape index (κ3) is 2.94. The Morgan fingerprint density at radius 1 is 0.909 bits per heavy atom. The van der Waals surface area contributed by atoms with Crippen LogP contribution in [0.2, 0.25) is 0 Å². The summed E-state index contributed by atoms with van der Waals surface area (Å²) in [5, 5.41) is 0. The second-order valence-corrected chi connectivity index (χ2v) is 5.55. The van der Waals surface area contributed by atoms with Crippen molar-refractivity contribution in [1.29, 1.82) is 0 Å². The molecule has 3 rings (SSSR count). The number of hydrogen-bond donors (Lipinski definition) is 0. The van der Waals surface area contributed by atoms with E-state index in [0.717, 1.165) is 41.9 Å². The highest BCUT2D eigenvalue weighted by Crippen LogP contribution is 2.41. The fourth-order valence-electron chi connectivity index (χ4n) is 2.54. The summed E-state index contributed by atoms with van der Waals surface area (Å²) in [6, 6.07) is 16.0. The summed E-state index contributed by atoms with van der Waals surface area (Å²) in [7, 11) is 0. The van der Waals surface area contributed by atoms with Crippen LogP contribution in [-0.4, -0.2) is 5.79 Å². The average molecular weight is 292 g/mol. The van der Waals surface area contributed by atoms with Crippen LogP contribution in [0.1, 0.15) is 33.1 Å². The van der Waals surface area contributed by atoms with E-state index in [9.17, 15) is 0 Å². The van der Waals surface area contributed by atoms with Crippen LogP contribution in [0.25, 0.3) is 11.1 Å². The summed E-state index contributed by atoms with van der Waals surface area (Å²) in [4.78, 5) is 0. The summed E-state index contributed by atoms with van der Waals surface area (Å²) in [5.74, 6) is 6.99. The zero-order valence-electron chi connectivity index (χ0n) is 13.1. The topological polar surface area (TPSA) is 18.5 Å². The Morgan fingerprint density at radius 3 is 2.00 bits per heavy atom. The van der Waals surface area contributed by atoms with E-state index in [0.29, 0.717) is 0 Å². The molecule has 0 aliphatic carbocycles. The molecule has 0 radical (unpaired) electrons. The highest BCUT2D eigenvalue weighted by molar-refractivity contribution is 5.76. The number of hydrogen-bond acceptors (Lipinski definition) is 2. The minimum Gasteiger partial charge on any atom is -0.441 e. The molecular formula is C20H20O2. The monoisotopic (exact) mass is 292 g/mol. The number of ether oxygens (including phenoxy) is 2. The molecule has 1 aliphatic heterocycles. The predicted octanol–water partition coefficient (Wildman–Crippen LogP) is 5.03. The van der Waals surface area contributed by atoms with Crippen LogP contribution < -0.4 is 9.47 Å². The first-order valence-electron chi connectivity index (χ1n) is 7.78. The minimum absolute atomic E-state index is 0.805. The molecule has 1 heterocycles. The molecule has 22 heavy (non-hydrogen) atoms. The lowest BCUT2D eigenvalue weighted by Gasteiger charge is -2.24. The van der Waals surface area contributed by atoms with Gasteiger partial charge in [-0.25, -0.2) is 0 Å². The summed E-state index contributed by atoms with van der Waals surface area (Å²) >= 11 is 0. The van der Waals surface area contributed by atoms with Crippen molar-refractivity contribution in [3.8, 4) is 34.5 Å². The second-order valence-electron chi connectivity index (χ2n) is 5.55. The van der Waals surface area contributed by atoms with Crippen LogP contribution in [0.5, 0.6) is 11.5 Å². The summed E-state index contributed by atoms with van der Waals surface area (Å²) in [6.45, 7) is 4.04. The smallest absolute Gasteiger partial charge is 0.313 e. The lowest BCUT2D eigenvalue weighted by Crippen LogP contribution is -2.36. The van der Waals surface area contributed by atoms with Crippen LogP contribution in [0.3, 0.4) is 0 Å². The molecule has 0 fully saturated rings. The van der Waals surface area contributed by atoms with Gasteiger partial charge >= 0.3 is 5.79 Å². The Kier molecular flexibility index (Phi) is 4.06. The molecule has 0 saturated carbocycles. The lowest BCUT2D eigenvalue weighted by molar-refractivity contribution is -0.0418. The Morgan fingerprint density at radius 2 is 1.45 bits per heavy atom. The van der Waals surface area contributed by atoms with Crippen LogP contribution in [0, 0.1) is 11.8 Å². The first kappa shape index (κ1) is 14.5. The second kappa shape index (κ2) is 6.15. The molecule has 2 aromatic rings. The molecule has 0 unspecified atom stereocenters. The molecule has 0 spiro atoms. The van der Waals surface area contributed by atoms with Crippen molar-refractivity contribution < 1.29 is 9.47 Å². The molecule has 0 saturated heterocycles. The van der Waals surface area contributed by atoms with Crippen LogP contribution >= 0.6 is 0 Å². The Hall–Kier alpha value is -2.40. The summed E-state index contributed by atoms with van der Waals surface area (Å²) in [6.07, 6.45) is 3.09. The molecule has 2 nitrogen and oxygen atoms in total. The Labute approximate surface area is 132 Å². The van der Waals surface area contributed by atoms with E-state index in [1.807, 2.05) is 55.5 Å². The van der Waals surface area contributed by atoms with Crippen LogP contribution in [0.15, 0.2) is 48.5 Å². The van der Waals surface area contributed by atoms with Crippen molar-refractivity contribution in [2.45, 2.75) is 38.9 Å². The van der Waals surface area contributed by atoms with Crippen molar-refractivity contribution in [2.75, 3.05) is 0 Å². The number of unbranched alkanes of at least 4 members (excludes halogenated alkanes) is 2. The van der Waals surface area contributed by atoms with Gasteiger partial charge in [0, 0.05) is 24.5 Å². The van der Waals surface area contributed by atoms with E-state index in [1.165, 1.54) is 0 Å². The van der Waals surface area contributed by atoms with Gasteiger partial charge in [0.1, 0.15) is 11.5 Å². The lowest BCUT2D eigenvalue weighted by atomic mass is 10.0. The maximum atomic E-state index is 6.11. The fraction of sp³-hybridized carbons (Fsp3) is 0.300. The van der Waals surface area contributed by atoms with Gasteiger partial charge in [0.25, 0.3) is 0 Å². The highest BCUT2D eigenvalue weighted by Gasteiger charge is 2.32. The van der Waals surface area contributed by atoms with E-state index < -0.39 is 5.79 Å². The van der Waals surface area contributed by atoms with Gasteiger partial charge in [0.15, 0.2) is 0 Å². The summed E-state index contributed by atoms with van der Waals surface area (Å²) < 4.78 is 12.2. The maximum Gasteiger partial charge on any atom is 0.313 e. The molecule has 0 atom stereocenters. The molecule has 0 amide bonds. The van der Waals surface area contributed by atoms with Crippen molar-refractivity contribution in [3.63, 3.8) is 0 Å². The molecule has 2 heteroatoms. The quantitative estimate of drug-likeness (QED) is 0.570. The third-order valence-electron chi connectivity index (χ3n) is 3.64. The number of rotatable bonds is 2. The van der Waals surface area contributed by atoms with E-state index in [1.54, 1.807) is 0 Å². The number of fused-ring (bicyclic) bond motifs is 3. The average Bonchev–Trinajstić information content (AvgIpc) is 2.65. The molecule has 2 aromatic carbocycles. The van der Waals surface area contributed by atoms with Gasteiger partial charge in [-0.05, 0) is 24.5 Å². The molecule has 0 N–H and O–H groups in total. The van der Waals surface area contributed by atoms with E-state index in [2.05, 4.69) is 18.8 Å². The standard InChI is InChI=1S/C20H20O2/c1-3-4-5-10-15-20(2)21-18-13-8-6-11-16(18)17-12-7-9-14-19(17)22-20/h6-9,11-14H,3-5H2,1-2H3. The van der Waals surface area contributed by atoms with Gasteiger partial charge in [-0.3, -0.25) is 0 Å². The SMILES string of the molecule is CCCCC#CC1(C)Oc2ccccc2-c2ccccc2O1. The van der Waals surface area contributed by atoms with E-state index in [-0.39, 0.29) is 0 Å². The van der Waals surface area contributed by atoms with Crippen molar-refractivity contribution >= 4 is 0 Å². The highest BCUT2D eigenvalue weighted by atomic mass is 16.7. The molecule has 0 bridgehead atoms. The van der Waals surface area contributed by atoms with Gasteiger partial charge in [-0.15, -0.1) is 0 Å². The van der Waals surface area contributed by atoms with Crippen LogP contribution in [0.4, 0.5) is 0 Å². The Bertz CT molecular complexity index is 674. The molecule has 1 aliphatic rings. The van der Waals surface area contributed by atoms with Gasteiger partial charge in [-0.1, -0.05) is 55.7 Å². The largest absolute Gasteiger partial charge is 0.441 e. The van der Waals surface area contributed by atoms with E-state index >= 15 is 0 Å². The predicted molar refractivity (Wildman–Crippen MR) is 88.8 cm³/mol. The Balaban J connectivity index is 2.03. The first-order chi connectivity index (χ1) is 10.7.